The van der Waals surface area contributed by atoms with Crippen LogP contribution < -0.4 is 0 Å². The minimum Gasteiger partial charge on any atom is -0.372 e. The monoisotopic (exact) mass is 186 g/mol. The zero-order valence-electron chi connectivity index (χ0n) is 6.07. The van der Waals surface area contributed by atoms with Crippen LogP contribution in [0.5, 0.6) is 0 Å². The topological polar surface area (TPSA) is 94.3 Å². The van der Waals surface area contributed by atoms with E-state index in [1.54, 1.807) is 5.87 Å². The number of epoxide rings is 1. The van der Waals surface area contributed by atoms with Gasteiger partial charge in [0, 0.05) is 5.87 Å². The highest BCUT2D eigenvalue weighted by Crippen LogP contribution is 2.15. The molecule has 0 aliphatic carbocycles. The summed E-state index contributed by atoms with van der Waals surface area (Å²) < 4.78 is 26.9. The van der Waals surface area contributed by atoms with E-state index in [4.69, 9.17) is 15.4 Å². The minimum atomic E-state index is -3.63. The Hall–Kier alpha value is -1.15. The molecule has 1 fully saturated rings. The molecule has 0 spiro atoms. The summed E-state index contributed by atoms with van der Waals surface area (Å²) in [5.74, 6) is 1.37. The predicted molar refractivity (Wildman–Crippen MR) is 40.4 cm³/mol. The van der Waals surface area contributed by atoms with Gasteiger partial charge < -0.3 is 4.74 Å². The Bertz CT molecular complexity index is 368. The van der Waals surface area contributed by atoms with Gasteiger partial charge in [-0.2, -0.15) is 5.26 Å². The van der Waals surface area contributed by atoms with E-state index in [-0.39, 0.29) is 11.9 Å². The van der Waals surface area contributed by atoms with E-state index in [0.717, 1.165) is 0 Å². The summed E-state index contributed by atoms with van der Waals surface area (Å²) in [6.45, 7) is 0.413. The molecule has 1 aliphatic rings. The number of nitrogens with one attached hydrogen (secondary N) is 1. The van der Waals surface area contributed by atoms with Crippen LogP contribution in [0.1, 0.15) is 0 Å². The van der Waals surface area contributed by atoms with Gasteiger partial charge in [0.1, 0.15) is 6.07 Å². The lowest BCUT2D eigenvalue weighted by Crippen LogP contribution is -2.13. The van der Waals surface area contributed by atoms with Crippen LogP contribution >= 0.6 is 0 Å². The molecule has 1 rings (SSSR count). The van der Waals surface area contributed by atoms with Gasteiger partial charge in [-0.3, -0.25) is 5.41 Å². The molecule has 64 valence electrons. The predicted octanol–water partition coefficient (Wildman–Crippen LogP) is -0.544. The smallest absolute Gasteiger partial charge is 0.204 e. The first-order valence-electron chi connectivity index (χ1n) is 3.14. The summed E-state index contributed by atoms with van der Waals surface area (Å²) in [4.78, 5) is -0.627. The van der Waals surface area contributed by atoms with Crippen molar-refractivity contribution in [1.82, 2.24) is 0 Å². The quantitative estimate of drug-likeness (QED) is 0.363. The average molecular weight is 186 g/mol. The second-order valence-electron chi connectivity index (χ2n) is 2.30. The molecule has 1 N–H and O–H groups in total. The maximum absolute atomic E-state index is 11.1. The SMILES string of the molecule is N#CC(=C=N)S(=O)(=O)CC1CO1. The van der Waals surface area contributed by atoms with Gasteiger partial charge in [0.25, 0.3) is 0 Å². The number of allylic oxidation sites excluding steroid dienone is 1. The average Bonchev–Trinajstić information content (AvgIpc) is 2.72. The number of hydrogen-bond donors (Lipinski definition) is 1. The lowest BCUT2D eigenvalue weighted by atomic mass is 10.6. The van der Waals surface area contributed by atoms with Crippen LogP contribution in [-0.4, -0.2) is 32.8 Å². The van der Waals surface area contributed by atoms with Crippen molar-refractivity contribution in [2.24, 2.45) is 0 Å². The molecule has 0 saturated carbocycles. The molecule has 0 amide bonds. The first-order valence-corrected chi connectivity index (χ1v) is 4.79. The van der Waals surface area contributed by atoms with Crippen LogP contribution in [0.4, 0.5) is 0 Å². The Morgan fingerprint density at radius 2 is 2.33 bits per heavy atom. The number of rotatable bonds is 3. The van der Waals surface area contributed by atoms with Crippen LogP contribution in [-0.2, 0) is 14.6 Å². The van der Waals surface area contributed by atoms with E-state index in [1.165, 1.54) is 6.07 Å². The molecule has 12 heavy (non-hydrogen) atoms. The summed E-state index contributed by atoms with van der Waals surface area (Å²) in [6.07, 6.45) is -0.299. The number of hydrogen-bond acceptors (Lipinski definition) is 5. The third kappa shape index (κ3) is 1.92. The molecule has 0 bridgehead atoms. The van der Waals surface area contributed by atoms with Crippen molar-refractivity contribution in [2.45, 2.75) is 6.10 Å². The van der Waals surface area contributed by atoms with Crippen LogP contribution in [0.3, 0.4) is 0 Å². The number of nitriles is 1. The van der Waals surface area contributed by atoms with Crippen molar-refractivity contribution in [3.8, 4) is 6.07 Å². The Morgan fingerprint density at radius 3 is 2.67 bits per heavy atom. The van der Waals surface area contributed by atoms with Gasteiger partial charge in [0.05, 0.1) is 18.5 Å². The fraction of sp³-hybridized carbons (Fsp3) is 0.500. The standard InChI is InChI=1S/C6H6N2O3S/c7-1-6(2-8)12(9,10)4-5-3-11-5/h5,7H,3-4H2. The van der Waals surface area contributed by atoms with Crippen molar-refractivity contribution in [2.75, 3.05) is 12.4 Å². The van der Waals surface area contributed by atoms with E-state index in [9.17, 15) is 8.42 Å². The molecule has 1 heterocycles. The minimum absolute atomic E-state index is 0.220. The largest absolute Gasteiger partial charge is 0.372 e. The van der Waals surface area contributed by atoms with Crippen molar-refractivity contribution < 1.29 is 13.2 Å². The van der Waals surface area contributed by atoms with Crippen molar-refractivity contribution in [3.05, 3.63) is 4.91 Å². The molecule has 5 nitrogen and oxygen atoms in total. The second kappa shape index (κ2) is 3.07. The molecule has 1 saturated heterocycles. The maximum Gasteiger partial charge on any atom is 0.204 e. The number of sulfone groups is 1. The molecule has 0 aromatic heterocycles. The van der Waals surface area contributed by atoms with Crippen LogP contribution in [0.2, 0.25) is 0 Å². The number of ether oxygens (including phenoxy) is 1. The molecule has 0 radical (unpaired) electrons. The summed E-state index contributed by atoms with van der Waals surface area (Å²) >= 11 is 0. The van der Waals surface area contributed by atoms with E-state index in [1.807, 2.05) is 0 Å². The van der Waals surface area contributed by atoms with Crippen molar-refractivity contribution in [1.29, 1.82) is 10.7 Å². The zero-order valence-corrected chi connectivity index (χ0v) is 6.89. The van der Waals surface area contributed by atoms with E-state index < -0.39 is 14.7 Å². The van der Waals surface area contributed by atoms with Gasteiger partial charge in [-0.1, -0.05) is 0 Å². The van der Waals surface area contributed by atoms with E-state index >= 15 is 0 Å². The third-order valence-electron chi connectivity index (χ3n) is 1.33. The first kappa shape index (κ1) is 8.94. The Labute approximate surface area is 69.7 Å². The van der Waals surface area contributed by atoms with Gasteiger partial charge in [-0.25, -0.2) is 8.42 Å². The highest BCUT2D eigenvalue weighted by Gasteiger charge is 2.31. The summed E-state index contributed by atoms with van der Waals surface area (Å²) in [5.41, 5.74) is 0. The highest BCUT2D eigenvalue weighted by molar-refractivity contribution is 7.95. The Morgan fingerprint density at radius 1 is 1.75 bits per heavy atom. The van der Waals surface area contributed by atoms with E-state index in [0.29, 0.717) is 6.61 Å². The van der Waals surface area contributed by atoms with Gasteiger partial charge in [0.15, 0.2) is 9.84 Å². The summed E-state index contributed by atoms with van der Waals surface area (Å²) in [5, 5.41) is 14.9. The second-order valence-corrected chi connectivity index (χ2v) is 4.27. The fourth-order valence-electron chi connectivity index (χ4n) is 0.668. The van der Waals surface area contributed by atoms with Gasteiger partial charge >= 0.3 is 0 Å². The fourth-order valence-corrected chi connectivity index (χ4v) is 1.81. The van der Waals surface area contributed by atoms with Crippen LogP contribution in [0.25, 0.3) is 0 Å². The normalized spacial score (nSPS) is 20.8. The van der Waals surface area contributed by atoms with Gasteiger partial charge in [-0.15, -0.1) is 0 Å². The van der Waals surface area contributed by atoms with Crippen LogP contribution in [0, 0.1) is 16.7 Å². The zero-order chi connectivity index (χ0) is 9.19. The first-order chi connectivity index (χ1) is 5.60. The van der Waals surface area contributed by atoms with E-state index in [2.05, 4.69) is 0 Å². The van der Waals surface area contributed by atoms with Gasteiger partial charge in [-0.05, 0) is 0 Å². The third-order valence-corrected chi connectivity index (χ3v) is 2.96. The Kier molecular flexibility index (Phi) is 2.29. The molecule has 0 aromatic carbocycles. The maximum atomic E-state index is 11.1. The highest BCUT2D eigenvalue weighted by atomic mass is 32.2. The molecule has 1 atom stereocenters. The molecule has 1 unspecified atom stereocenters. The van der Waals surface area contributed by atoms with Gasteiger partial charge in [0.2, 0.25) is 4.91 Å². The lowest BCUT2D eigenvalue weighted by molar-refractivity contribution is 0.423. The molecular weight excluding hydrogens is 180 g/mol. The lowest BCUT2D eigenvalue weighted by Gasteiger charge is -1.94. The van der Waals surface area contributed by atoms with Crippen LogP contribution in [0.15, 0.2) is 4.91 Å². The molecule has 6 heteroatoms. The molecule has 0 aromatic rings. The Balaban J connectivity index is 2.84. The van der Waals surface area contributed by atoms with Crippen molar-refractivity contribution >= 4 is 15.7 Å². The summed E-state index contributed by atoms with van der Waals surface area (Å²) in [6, 6.07) is 1.40. The molecular formula is C6H6N2O3S. The molecule has 1 aliphatic heterocycles. The number of nitrogens with zero attached hydrogens (tertiary/aromatic N) is 1. The summed E-state index contributed by atoms with van der Waals surface area (Å²) in [7, 11) is -3.63. The van der Waals surface area contributed by atoms with Crippen molar-refractivity contribution in [3.63, 3.8) is 0 Å².